The van der Waals surface area contributed by atoms with Crippen LogP contribution in [0.15, 0.2) is 54.6 Å². The molecule has 39 heavy (non-hydrogen) atoms. The molecule has 0 aromatic heterocycles. The van der Waals surface area contributed by atoms with Crippen molar-refractivity contribution < 1.29 is 28.6 Å². The summed E-state index contributed by atoms with van der Waals surface area (Å²) < 4.78 is 20.2. The van der Waals surface area contributed by atoms with Gasteiger partial charge in [-0.25, -0.2) is 0 Å². The molecule has 8 nitrogen and oxygen atoms in total. The Labute approximate surface area is 237 Å². The molecule has 1 aromatic carbocycles. The molecule has 1 fully saturated rings. The molecule has 1 saturated carbocycles. The summed E-state index contributed by atoms with van der Waals surface area (Å²) in [4.78, 5) is 25.1. The molecule has 0 spiro atoms. The third kappa shape index (κ3) is 26.9. The number of carbonyl (C=O) groups excluding carboxylic acids is 1. The zero-order chi connectivity index (χ0) is 29.6. The quantitative estimate of drug-likeness (QED) is 0.0774. The predicted octanol–water partition coefficient (Wildman–Crippen LogP) is 6.74. The van der Waals surface area contributed by atoms with Gasteiger partial charge in [-0.3, -0.25) is 9.18 Å². The van der Waals surface area contributed by atoms with Crippen molar-refractivity contribution in [1.29, 1.82) is 0 Å². The van der Waals surface area contributed by atoms with Gasteiger partial charge in [0.25, 0.3) is 5.09 Å². The highest BCUT2D eigenvalue weighted by atomic mass is 31.0. The molecule has 2 unspecified atom stereocenters. The van der Waals surface area contributed by atoms with E-state index in [0.717, 1.165) is 31.1 Å². The Hall–Kier alpha value is -2.51. The van der Waals surface area contributed by atoms with Crippen LogP contribution >= 0.6 is 9.24 Å². The van der Waals surface area contributed by atoms with Gasteiger partial charge in [0.1, 0.15) is 12.4 Å². The van der Waals surface area contributed by atoms with Crippen molar-refractivity contribution >= 4 is 15.1 Å². The van der Waals surface area contributed by atoms with Gasteiger partial charge in [0, 0.05) is 18.6 Å². The fourth-order valence-corrected chi connectivity index (χ4v) is 3.61. The number of alkyl halides is 1. The van der Waals surface area contributed by atoms with E-state index in [4.69, 9.17) is 9.47 Å². The van der Waals surface area contributed by atoms with E-state index in [9.17, 15) is 19.3 Å². The maximum atomic E-state index is 11.3. The van der Waals surface area contributed by atoms with Gasteiger partial charge in [-0.05, 0) is 50.7 Å². The minimum absolute atomic E-state index is 0.00959. The van der Waals surface area contributed by atoms with Crippen LogP contribution in [0.5, 0.6) is 5.75 Å². The second kappa shape index (κ2) is 30.0. The maximum absolute atomic E-state index is 11.3. The summed E-state index contributed by atoms with van der Waals surface area (Å²) in [6.07, 6.45) is 16.4. The predicted molar refractivity (Wildman–Crippen MR) is 160 cm³/mol. The highest BCUT2D eigenvalue weighted by Gasteiger charge is 2.11. The van der Waals surface area contributed by atoms with Crippen molar-refractivity contribution in [1.82, 2.24) is 5.32 Å². The van der Waals surface area contributed by atoms with Gasteiger partial charge in [0.2, 0.25) is 5.91 Å². The van der Waals surface area contributed by atoms with Crippen molar-refractivity contribution in [3.05, 3.63) is 64.8 Å². The molecule has 0 radical (unpaired) electrons. The summed E-state index contributed by atoms with van der Waals surface area (Å²) in [6.45, 7) is 7.45. The Balaban J connectivity index is 0. The highest BCUT2D eigenvalue weighted by molar-refractivity contribution is 7.18. The number of hydrogen-bond donors (Lipinski definition) is 1. The number of rotatable bonds is 16. The van der Waals surface area contributed by atoms with Crippen LogP contribution in [-0.4, -0.2) is 56.8 Å². The van der Waals surface area contributed by atoms with Crippen molar-refractivity contribution in [3.63, 3.8) is 0 Å². The first-order valence-corrected chi connectivity index (χ1v) is 14.4. The summed E-state index contributed by atoms with van der Waals surface area (Å²) in [5, 5.41) is 11.6. The number of para-hydroxylation sites is 1. The Bertz CT molecular complexity index is 747. The van der Waals surface area contributed by atoms with Gasteiger partial charge in [-0.15, -0.1) is 19.4 Å². The van der Waals surface area contributed by atoms with Crippen molar-refractivity contribution in [2.75, 3.05) is 40.1 Å². The lowest BCUT2D eigenvalue weighted by atomic mass is 10.1. The SMILES string of the molecule is C/C=C\CCCC(=O)NCCOCCO[N+](=O)[O-].CC.CF.PC(/C=C/C1CCCC1)COc1ccccc1. The number of nitrogens with one attached hydrogen (secondary N) is 1. The normalized spacial score (nSPS) is 13.3. The van der Waals surface area contributed by atoms with Crippen molar-refractivity contribution in [2.24, 2.45) is 5.92 Å². The maximum Gasteiger partial charge on any atom is 0.294 e. The molecule has 0 bridgehead atoms. The van der Waals surface area contributed by atoms with E-state index in [-0.39, 0.29) is 19.1 Å². The monoisotopic (exact) mass is 572 g/mol. The molecular weight excluding hydrogens is 522 g/mol. The summed E-state index contributed by atoms with van der Waals surface area (Å²) in [5.74, 6) is 1.76. The Morgan fingerprint density at radius 2 is 1.85 bits per heavy atom. The number of ether oxygens (including phenoxy) is 2. The van der Waals surface area contributed by atoms with Crippen LogP contribution in [0.2, 0.25) is 0 Å². The van der Waals surface area contributed by atoms with Crippen LogP contribution in [0.25, 0.3) is 0 Å². The molecular formula is C29H50FN2O6P. The number of hydrogen-bond acceptors (Lipinski definition) is 6. The molecule has 0 aliphatic heterocycles. The first-order chi connectivity index (χ1) is 19.0. The van der Waals surface area contributed by atoms with Crippen LogP contribution in [-0.2, 0) is 14.4 Å². The minimum Gasteiger partial charge on any atom is -0.493 e. The number of unbranched alkanes of at least 4 members (excludes halogenated alkanes) is 1. The van der Waals surface area contributed by atoms with Crippen molar-refractivity contribution in [3.8, 4) is 5.75 Å². The summed E-state index contributed by atoms with van der Waals surface area (Å²) in [6, 6.07) is 10.0. The Kier molecular flexibility index (Phi) is 29.8. The number of carbonyl (C=O) groups is 1. The third-order valence-electron chi connectivity index (χ3n) is 5.22. The van der Waals surface area contributed by atoms with Crippen LogP contribution in [0.3, 0.4) is 0 Å². The second-order valence-electron chi connectivity index (χ2n) is 8.20. The second-order valence-corrected chi connectivity index (χ2v) is 9.05. The molecule has 1 N–H and O–H groups in total. The Morgan fingerprint density at radius 3 is 2.46 bits per heavy atom. The van der Waals surface area contributed by atoms with Gasteiger partial charge in [0.15, 0.2) is 0 Å². The lowest BCUT2D eigenvalue weighted by molar-refractivity contribution is -0.758. The smallest absolute Gasteiger partial charge is 0.294 e. The number of allylic oxidation sites excluding steroid dienone is 3. The van der Waals surface area contributed by atoms with Crippen LogP contribution < -0.4 is 10.1 Å². The largest absolute Gasteiger partial charge is 0.493 e. The van der Waals surface area contributed by atoms with Crippen LogP contribution in [0.1, 0.15) is 65.7 Å². The van der Waals surface area contributed by atoms with Gasteiger partial charge in [-0.1, -0.05) is 69.2 Å². The fraction of sp³-hybridized carbons (Fsp3) is 0.621. The van der Waals surface area contributed by atoms with E-state index in [1.54, 1.807) is 0 Å². The molecule has 0 heterocycles. The topological polar surface area (TPSA) is 99.9 Å². The molecule has 1 aromatic rings. The van der Waals surface area contributed by atoms with E-state index >= 15 is 0 Å². The molecule has 0 saturated heterocycles. The first-order valence-electron chi connectivity index (χ1n) is 13.7. The van der Waals surface area contributed by atoms with E-state index < -0.39 is 5.09 Å². The standard InChI is InChI=1S/C15H21OP.C11H20N2O5.C2H6.CH3F/c17-15(11-10-13-6-4-5-7-13)12-16-14-8-2-1-3-9-14;1-2-3-4-5-6-11(14)12-7-8-17-9-10-18-13(15)16;2*1-2/h1-3,8-11,13,15H,4-7,12,17H2;2-3H,4-10H2,1H3,(H,12,14);1-2H3;1H3/b11-10+;3-2-;;. The van der Waals surface area contributed by atoms with Gasteiger partial charge in [-0.2, -0.15) is 0 Å². The van der Waals surface area contributed by atoms with E-state index in [2.05, 4.69) is 31.5 Å². The molecule has 1 amide bonds. The average Bonchev–Trinajstić information content (AvgIpc) is 3.49. The lowest BCUT2D eigenvalue weighted by Crippen LogP contribution is -2.27. The summed E-state index contributed by atoms with van der Waals surface area (Å²) in [7, 11) is 3.35. The summed E-state index contributed by atoms with van der Waals surface area (Å²) >= 11 is 0. The third-order valence-corrected chi connectivity index (χ3v) is 5.63. The molecule has 1 aliphatic rings. The highest BCUT2D eigenvalue weighted by Crippen LogP contribution is 2.26. The van der Waals surface area contributed by atoms with E-state index in [0.29, 0.717) is 32.4 Å². The van der Waals surface area contributed by atoms with E-state index in [1.165, 1.54) is 25.7 Å². The van der Waals surface area contributed by atoms with E-state index in [1.807, 2.05) is 63.3 Å². The Morgan fingerprint density at radius 1 is 1.18 bits per heavy atom. The molecule has 224 valence electrons. The van der Waals surface area contributed by atoms with Crippen molar-refractivity contribution in [2.45, 2.75) is 71.4 Å². The number of amides is 1. The zero-order valence-electron chi connectivity index (χ0n) is 24.2. The lowest BCUT2D eigenvalue weighted by Gasteiger charge is -2.10. The first kappa shape index (κ1) is 38.6. The number of benzene rings is 1. The van der Waals surface area contributed by atoms with Gasteiger partial charge < -0.3 is 19.6 Å². The van der Waals surface area contributed by atoms with Crippen LogP contribution in [0.4, 0.5) is 4.39 Å². The fourth-order valence-electron chi connectivity index (χ4n) is 3.39. The summed E-state index contributed by atoms with van der Waals surface area (Å²) in [5.41, 5.74) is 0.413. The molecule has 10 heteroatoms. The molecule has 2 rings (SSSR count). The minimum atomic E-state index is -0.865. The number of nitrogens with zero attached hydrogens (tertiary/aromatic N) is 1. The molecule has 2 atom stereocenters. The zero-order valence-corrected chi connectivity index (χ0v) is 25.3. The molecule has 1 aliphatic carbocycles. The average molecular weight is 573 g/mol. The van der Waals surface area contributed by atoms with Gasteiger partial charge in [0.05, 0.1) is 27.0 Å². The van der Waals surface area contributed by atoms with Crippen LogP contribution in [0, 0.1) is 16.0 Å². The number of halogens is 1. The van der Waals surface area contributed by atoms with Gasteiger partial charge >= 0.3 is 0 Å².